The Bertz CT molecular complexity index is 1090. The highest BCUT2D eigenvalue weighted by molar-refractivity contribution is 7.17. The molecule has 32 heavy (non-hydrogen) atoms. The summed E-state index contributed by atoms with van der Waals surface area (Å²) in [5.41, 5.74) is 4.13. The number of aromatic nitrogens is 1. The van der Waals surface area contributed by atoms with Gasteiger partial charge in [-0.25, -0.2) is 4.57 Å². The zero-order chi connectivity index (χ0) is 23.7. The van der Waals surface area contributed by atoms with Crippen molar-refractivity contribution in [2.75, 3.05) is 11.4 Å². The predicted octanol–water partition coefficient (Wildman–Crippen LogP) is 3.99. The minimum absolute atomic E-state index is 0.0445. The van der Waals surface area contributed by atoms with Gasteiger partial charge < -0.3 is 14.8 Å². The maximum Gasteiger partial charge on any atom is 0.414 e. The molecule has 0 atom stereocenters. The van der Waals surface area contributed by atoms with E-state index in [0.717, 1.165) is 48.3 Å². The smallest absolute Gasteiger partial charge is 0.414 e. The van der Waals surface area contributed by atoms with Crippen molar-refractivity contribution in [3.8, 4) is 0 Å². The lowest BCUT2D eigenvalue weighted by Gasteiger charge is -2.23. The molecule has 1 heterocycles. The molecule has 3 rings (SSSR count). The number of thiazole rings is 1. The molecule has 0 bridgehead atoms. The minimum atomic E-state index is -1.08. The molecule has 0 aliphatic carbocycles. The van der Waals surface area contributed by atoms with Crippen LogP contribution < -0.4 is 14.6 Å². The largest absolute Gasteiger partial charge is 0.550 e. The lowest BCUT2D eigenvalue weighted by Crippen LogP contribution is -2.23. The van der Waals surface area contributed by atoms with Gasteiger partial charge in [-0.05, 0) is 55.2 Å². The maximum atomic E-state index is 10.9. The summed E-state index contributed by atoms with van der Waals surface area (Å²) in [5.74, 6) is -1.08. The number of carboxylic acid groups (broad SMARTS) is 1. The van der Waals surface area contributed by atoms with Crippen LogP contribution in [0.4, 0.5) is 21.5 Å². The number of azo groups is 1. The van der Waals surface area contributed by atoms with Gasteiger partial charge in [-0.3, -0.25) is 10.1 Å². The molecule has 0 aliphatic rings. The van der Waals surface area contributed by atoms with E-state index in [0.29, 0.717) is 5.13 Å². The first-order chi connectivity index (χ1) is 15.2. The molecule has 0 radical (unpaired) electrons. The van der Waals surface area contributed by atoms with Crippen molar-refractivity contribution in [3.63, 3.8) is 0 Å². The summed E-state index contributed by atoms with van der Waals surface area (Å²) >= 11 is 1.00. The molecule has 0 fully saturated rings. The van der Waals surface area contributed by atoms with Crippen molar-refractivity contribution < 1.29 is 19.4 Å². The van der Waals surface area contributed by atoms with Crippen LogP contribution in [-0.4, -0.2) is 17.4 Å². The van der Waals surface area contributed by atoms with E-state index in [1.54, 1.807) is 11.6 Å². The van der Waals surface area contributed by atoms with E-state index < -0.39 is 10.9 Å². The number of carboxylic acids is 1. The maximum absolute atomic E-state index is 10.9. The Morgan fingerprint density at radius 1 is 1.19 bits per heavy atom. The minimum Gasteiger partial charge on any atom is -0.550 e. The van der Waals surface area contributed by atoms with Gasteiger partial charge in [0.1, 0.15) is 5.69 Å². The molecule has 3 aromatic rings. The number of carbonyl (C=O) groups excluding carboxylic acids is 1. The van der Waals surface area contributed by atoms with Gasteiger partial charge in [-0.1, -0.05) is 30.3 Å². The molecular weight excluding hydrogens is 430 g/mol. The van der Waals surface area contributed by atoms with Crippen molar-refractivity contribution in [2.24, 2.45) is 17.3 Å². The Kier molecular flexibility index (Phi) is 8.96. The number of aryl methyl sites for hydroxylation is 2. The molecule has 10 heteroatoms. The lowest BCUT2D eigenvalue weighted by molar-refractivity contribution is -0.656. The van der Waals surface area contributed by atoms with Crippen LogP contribution in [0.5, 0.6) is 0 Å². The van der Waals surface area contributed by atoms with Gasteiger partial charge in [0.2, 0.25) is 0 Å². The third kappa shape index (κ3) is 7.24. The average Bonchev–Trinajstić information content (AvgIpc) is 3.12. The standard InChI is InChI=1S/C20H22N5O2S.C2H4O2/c1-4-24(13-16-8-6-5-7-9-16)17-10-11-18(15(2)12-17)21-22-20-23(3)14-19(28-20)25(26)27;1-2(3)4/h5-12,14H,4,13H2,1-3H3;1H3,(H,3,4)/q+1;/p-1. The van der Waals surface area contributed by atoms with Crippen LogP contribution in [0, 0.1) is 17.0 Å². The van der Waals surface area contributed by atoms with E-state index in [4.69, 9.17) is 9.90 Å². The number of benzene rings is 2. The van der Waals surface area contributed by atoms with Crippen LogP contribution in [0.25, 0.3) is 0 Å². The highest BCUT2D eigenvalue weighted by atomic mass is 32.1. The molecule has 168 valence electrons. The zero-order valence-electron chi connectivity index (χ0n) is 18.4. The van der Waals surface area contributed by atoms with E-state index in [1.807, 2.05) is 37.3 Å². The number of nitro groups is 1. The number of carbonyl (C=O) groups is 1. The van der Waals surface area contributed by atoms with Gasteiger partial charge in [0, 0.05) is 36.1 Å². The number of aliphatic carboxylic acids is 1. The molecule has 0 N–H and O–H groups in total. The number of hydrogen-bond acceptors (Lipinski definition) is 8. The van der Waals surface area contributed by atoms with E-state index in [1.165, 1.54) is 11.8 Å². The van der Waals surface area contributed by atoms with Gasteiger partial charge in [-0.15, -0.1) is 0 Å². The second-order valence-electron chi connectivity index (χ2n) is 6.88. The van der Waals surface area contributed by atoms with E-state index >= 15 is 0 Å². The summed E-state index contributed by atoms with van der Waals surface area (Å²) in [6.45, 7) is 6.83. The fourth-order valence-corrected chi connectivity index (χ4v) is 3.57. The molecule has 0 aliphatic heterocycles. The van der Waals surface area contributed by atoms with E-state index in [9.17, 15) is 10.1 Å². The highest BCUT2D eigenvalue weighted by Gasteiger charge is 2.21. The average molecular weight is 456 g/mol. The second-order valence-corrected chi connectivity index (χ2v) is 7.87. The first kappa shape index (κ1) is 24.6. The van der Waals surface area contributed by atoms with Crippen LogP contribution in [0.1, 0.15) is 25.0 Å². The van der Waals surface area contributed by atoms with Crippen molar-refractivity contribution in [1.29, 1.82) is 0 Å². The molecule has 0 spiro atoms. The van der Waals surface area contributed by atoms with Crippen LogP contribution in [0.2, 0.25) is 0 Å². The summed E-state index contributed by atoms with van der Waals surface area (Å²) in [4.78, 5) is 21.6. The zero-order valence-corrected chi connectivity index (χ0v) is 19.2. The van der Waals surface area contributed by atoms with Crippen molar-refractivity contribution >= 4 is 38.8 Å². The number of nitrogens with zero attached hydrogens (tertiary/aromatic N) is 5. The Balaban J connectivity index is 0.000000837. The molecular formula is C22H25N5O4S. The van der Waals surface area contributed by atoms with Crippen molar-refractivity contribution in [3.05, 3.63) is 76.0 Å². The van der Waals surface area contributed by atoms with E-state index in [-0.39, 0.29) is 5.00 Å². The summed E-state index contributed by atoms with van der Waals surface area (Å²) < 4.78 is 1.61. The fraction of sp³-hybridized carbons (Fsp3) is 0.273. The molecule has 0 saturated carbocycles. The highest BCUT2D eigenvalue weighted by Crippen LogP contribution is 2.30. The van der Waals surface area contributed by atoms with Gasteiger partial charge >= 0.3 is 10.1 Å². The van der Waals surface area contributed by atoms with Crippen LogP contribution in [0.15, 0.2) is 65.0 Å². The third-order valence-electron chi connectivity index (χ3n) is 4.37. The van der Waals surface area contributed by atoms with Gasteiger partial charge in [0.25, 0.3) is 0 Å². The lowest BCUT2D eigenvalue weighted by atomic mass is 10.1. The van der Waals surface area contributed by atoms with Gasteiger partial charge in [0.05, 0.1) is 17.1 Å². The van der Waals surface area contributed by atoms with Crippen LogP contribution in [0.3, 0.4) is 0 Å². The quantitative estimate of drug-likeness (QED) is 0.231. The van der Waals surface area contributed by atoms with Gasteiger partial charge in [0.15, 0.2) is 6.20 Å². The monoisotopic (exact) mass is 455 g/mol. The predicted molar refractivity (Wildman–Crippen MR) is 121 cm³/mol. The Morgan fingerprint density at radius 2 is 1.84 bits per heavy atom. The summed E-state index contributed by atoms with van der Waals surface area (Å²) in [5, 5.41) is 28.8. The first-order valence-corrected chi connectivity index (χ1v) is 10.7. The Labute approximate surface area is 190 Å². The number of anilines is 1. The van der Waals surface area contributed by atoms with E-state index in [2.05, 4.69) is 40.3 Å². The van der Waals surface area contributed by atoms with Crippen molar-refractivity contribution in [2.45, 2.75) is 27.3 Å². The molecule has 0 unspecified atom stereocenters. The SMILES string of the molecule is CC(=O)[O-].CCN(Cc1ccccc1)c1ccc(/N=N/c2sc([N+](=O)[O-])c[n+]2C)c(C)c1. The summed E-state index contributed by atoms with van der Waals surface area (Å²) in [6, 6.07) is 16.4. The van der Waals surface area contributed by atoms with Crippen LogP contribution >= 0.6 is 11.3 Å². The molecule has 2 aromatic carbocycles. The number of hydrogen-bond donors (Lipinski definition) is 0. The van der Waals surface area contributed by atoms with Crippen molar-refractivity contribution in [1.82, 2.24) is 0 Å². The topological polar surface area (TPSA) is 115 Å². The summed E-state index contributed by atoms with van der Waals surface area (Å²) in [7, 11) is 1.72. The van der Waals surface area contributed by atoms with Crippen LogP contribution in [-0.2, 0) is 18.4 Å². The third-order valence-corrected chi connectivity index (χ3v) is 5.38. The second kappa shape index (κ2) is 11.7. The molecule has 0 saturated heterocycles. The normalized spacial score (nSPS) is 10.5. The first-order valence-electron chi connectivity index (χ1n) is 9.84. The summed E-state index contributed by atoms with van der Waals surface area (Å²) in [6.07, 6.45) is 1.44. The number of rotatable bonds is 7. The Morgan fingerprint density at radius 3 is 2.38 bits per heavy atom. The molecule has 1 aromatic heterocycles. The Hall–Kier alpha value is -3.66. The molecule has 0 amide bonds. The molecule has 9 nitrogen and oxygen atoms in total. The van der Waals surface area contributed by atoms with Gasteiger partial charge in [-0.2, -0.15) is 0 Å². The fourth-order valence-electron chi connectivity index (χ4n) is 2.82.